The molecule has 1 N–H and O–H groups in total. The van der Waals surface area contributed by atoms with E-state index in [0.29, 0.717) is 18.6 Å². The highest BCUT2D eigenvalue weighted by atomic mass is 19.1. The summed E-state index contributed by atoms with van der Waals surface area (Å²) in [5.41, 5.74) is 0.697. The van der Waals surface area contributed by atoms with Crippen molar-refractivity contribution in [3.8, 4) is 0 Å². The molecule has 0 fully saturated rings. The van der Waals surface area contributed by atoms with Crippen LogP contribution in [0.4, 0.5) is 4.39 Å². The van der Waals surface area contributed by atoms with Crippen molar-refractivity contribution in [3.63, 3.8) is 0 Å². The van der Waals surface area contributed by atoms with E-state index in [9.17, 15) is 14.0 Å². The fourth-order valence-electron chi connectivity index (χ4n) is 1.89. The third kappa shape index (κ3) is 6.85. The standard InChI is InChI=1S/C15H20FNO4/c1-21-9-3-2-4-14(18)17(11-15(19)20)10-12-5-7-13(16)8-6-12/h5-8H,2-4,9-11H2,1H3,(H,19,20). The van der Waals surface area contributed by atoms with Gasteiger partial charge in [0.1, 0.15) is 12.4 Å². The van der Waals surface area contributed by atoms with Crippen LogP contribution in [0.3, 0.4) is 0 Å². The highest BCUT2D eigenvalue weighted by Gasteiger charge is 2.16. The monoisotopic (exact) mass is 297 g/mol. The molecule has 1 rings (SSSR count). The number of hydrogen-bond donors (Lipinski definition) is 1. The first kappa shape index (κ1) is 17.1. The SMILES string of the molecule is COCCCCC(=O)N(CC(=O)O)Cc1ccc(F)cc1. The summed E-state index contributed by atoms with van der Waals surface area (Å²) >= 11 is 0. The lowest BCUT2D eigenvalue weighted by atomic mass is 10.1. The maximum absolute atomic E-state index is 12.8. The Morgan fingerprint density at radius 2 is 1.90 bits per heavy atom. The molecule has 6 heteroatoms. The minimum atomic E-state index is -1.07. The molecule has 0 atom stereocenters. The molecule has 1 aromatic rings. The number of carbonyl (C=O) groups excluding carboxylic acids is 1. The smallest absolute Gasteiger partial charge is 0.323 e. The molecule has 1 aromatic carbocycles. The molecule has 0 aromatic heterocycles. The number of amides is 1. The first-order valence-corrected chi connectivity index (χ1v) is 6.76. The molecule has 0 radical (unpaired) electrons. The molecule has 0 heterocycles. The summed E-state index contributed by atoms with van der Waals surface area (Å²) in [4.78, 5) is 24.2. The number of methoxy groups -OCH3 is 1. The first-order valence-electron chi connectivity index (χ1n) is 6.76. The molecule has 0 aliphatic carbocycles. The Morgan fingerprint density at radius 3 is 2.48 bits per heavy atom. The summed E-state index contributed by atoms with van der Waals surface area (Å²) in [6.07, 6.45) is 1.67. The number of carboxylic acid groups (broad SMARTS) is 1. The van der Waals surface area contributed by atoms with Gasteiger partial charge in [0.2, 0.25) is 5.91 Å². The van der Waals surface area contributed by atoms with Crippen LogP contribution in [-0.4, -0.2) is 42.1 Å². The predicted octanol–water partition coefficient (Wildman–Crippen LogP) is 2.06. The van der Waals surface area contributed by atoms with Crippen molar-refractivity contribution >= 4 is 11.9 Å². The normalized spacial score (nSPS) is 10.4. The topological polar surface area (TPSA) is 66.8 Å². The summed E-state index contributed by atoms with van der Waals surface area (Å²) < 4.78 is 17.7. The van der Waals surface area contributed by atoms with Crippen LogP contribution in [0, 0.1) is 5.82 Å². The van der Waals surface area contributed by atoms with E-state index in [4.69, 9.17) is 9.84 Å². The van der Waals surface area contributed by atoms with Crippen molar-refractivity contribution in [2.24, 2.45) is 0 Å². The Labute approximate surface area is 123 Å². The lowest BCUT2D eigenvalue weighted by Gasteiger charge is -2.21. The maximum atomic E-state index is 12.8. The van der Waals surface area contributed by atoms with Crippen LogP contribution >= 0.6 is 0 Å². The highest BCUT2D eigenvalue weighted by Crippen LogP contribution is 2.09. The van der Waals surface area contributed by atoms with Gasteiger partial charge in [-0.05, 0) is 30.5 Å². The quantitative estimate of drug-likeness (QED) is 0.708. The van der Waals surface area contributed by atoms with Gasteiger partial charge in [-0.25, -0.2) is 4.39 Å². The van der Waals surface area contributed by atoms with Crippen molar-refractivity contribution in [3.05, 3.63) is 35.6 Å². The van der Waals surface area contributed by atoms with Gasteiger partial charge in [-0.3, -0.25) is 9.59 Å². The van der Waals surface area contributed by atoms with Gasteiger partial charge in [0.15, 0.2) is 0 Å². The number of unbranched alkanes of at least 4 members (excludes halogenated alkanes) is 1. The van der Waals surface area contributed by atoms with E-state index in [1.54, 1.807) is 19.2 Å². The number of ether oxygens (including phenoxy) is 1. The second kappa shape index (κ2) is 9.07. The summed E-state index contributed by atoms with van der Waals surface area (Å²) in [6.45, 7) is 0.375. The lowest BCUT2D eigenvalue weighted by molar-refractivity contribution is -0.145. The van der Waals surface area contributed by atoms with Crippen molar-refractivity contribution in [1.82, 2.24) is 4.90 Å². The van der Waals surface area contributed by atoms with E-state index in [1.165, 1.54) is 17.0 Å². The number of aliphatic carboxylic acids is 1. The molecule has 21 heavy (non-hydrogen) atoms. The van der Waals surface area contributed by atoms with E-state index in [1.807, 2.05) is 0 Å². The zero-order valence-corrected chi connectivity index (χ0v) is 12.0. The Hall–Kier alpha value is -1.95. The summed E-state index contributed by atoms with van der Waals surface area (Å²) in [5, 5.41) is 8.89. The van der Waals surface area contributed by atoms with Crippen LogP contribution in [-0.2, 0) is 20.9 Å². The maximum Gasteiger partial charge on any atom is 0.323 e. The van der Waals surface area contributed by atoms with Crippen molar-refractivity contribution < 1.29 is 23.8 Å². The Kier molecular flexibility index (Phi) is 7.39. The van der Waals surface area contributed by atoms with E-state index in [0.717, 1.165) is 6.42 Å². The zero-order chi connectivity index (χ0) is 15.7. The highest BCUT2D eigenvalue weighted by molar-refractivity contribution is 5.81. The molecule has 0 bridgehead atoms. The molecule has 0 unspecified atom stereocenters. The second-order valence-corrected chi connectivity index (χ2v) is 4.72. The van der Waals surface area contributed by atoms with Crippen molar-refractivity contribution in [1.29, 1.82) is 0 Å². The Morgan fingerprint density at radius 1 is 1.24 bits per heavy atom. The summed E-state index contributed by atoms with van der Waals surface area (Å²) in [6, 6.07) is 5.67. The van der Waals surface area contributed by atoms with Gasteiger partial charge in [-0.2, -0.15) is 0 Å². The molecular weight excluding hydrogens is 277 g/mol. The van der Waals surface area contributed by atoms with Crippen LogP contribution in [0.5, 0.6) is 0 Å². The van der Waals surface area contributed by atoms with E-state index in [-0.39, 0.29) is 31.2 Å². The van der Waals surface area contributed by atoms with Gasteiger partial charge in [0, 0.05) is 26.7 Å². The van der Waals surface area contributed by atoms with Crippen molar-refractivity contribution in [2.75, 3.05) is 20.3 Å². The van der Waals surface area contributed by atoms with Crippen LogP contribution in [0.1, 0.15) is 24.8 Å². The van der Waals surface area contributed by atoms with Crippen LogP contribution in [0.2, 0.25) is 0 Å². The van der Waals surface area contributed by atoms with Gasteiger partial charge < -0.3 is 14.7 Å². The number of carboxylic acids is 1. The van der Waals surface area contributed by atoms with Gasteiger partial charge >= 0.3 is 5.97 Å². The van der Waals surface area contributed by atoms with Gasteiger partial charge in [0.25, 0.3) is 0 Å². The molecule has 0 spiro atoms. The number of rotatable bonds is 9. The Bertz CT molecular complexity index is 461. The minimum Gasteiger partial charge on any atom is -0.480 e. The van der Waals surface area contributed by atoms with E-state index < -0.39 is 5.97 Å². The average molecular weight is 297 g/mol. The third-order valence-electron chi connectivity index (χ3n) is 2.95. The lowest BCUT2D eigenvalue weighted by Crippen LogP contribution is -2.35. The van der Waals surface area contributed by atoms with Gasteiger partial charge in [-0.1, -0.05) is 12.1 Å². The zero-order valence-electron chi connectivity index (χ0n) is 12.0. The Balaban J connectivity index is 2.59. The van der Waals surface area contributed by atoms with Gasteiger partial charge in [0.05, 0.1) is 0 Å². The number of nitrogens with zero attached hydrogens (tertiary/aromatic N) is 1. The molecule has 0 aliphatic rings. The van der Waals surface area contributed by atoms with Crippen molar-refractivity contribution in [2.45, 2.75) is 25.8 Å². The summed E-state index contributed by atoms with van der Waals surface area (Å²) in [5.74, 6) is -1.66. The van der Waals surface area contributed by atoms with Crippen LogP contribution < -0.4 is 0 Å². The van der Waals surface area contributed by atoms with Gasteiger partial charge in [-0.15, -0.1) is 0 Å². The third-order valence-corrected chi connectivity index (χ3v) is 2.95. The molecule has 0 saturated carbocycles. The van der Waals surface area contributed by atoms with E-state index in [2.05, 4.69) is 0 Å². The molecule has 0 saturated heterocycles. The van der Waals surface area contributed by atoms with Crippen LogP contribution in [0.15, 0.2) is 24.3 Å². The fourth-order valence-corrected chi connectivity index (χ4v) is 1.89. The number of carbonyl (C=O) groups is 2. The summed E-state index contributed by atoms with van der Waals surface area (Å²) in [7, 11) is 1.59. The molecule has 116 valence electrons. The first-order chi connectivity index (χ1) is 10.0. The molecule has 1 amide bonds. The number of hydrogen-bond acceptors (Lipinski definition) is 3. The fraction of sp³-hybridized carbons (Fsp3) is 0.467. The average Bonchev–Trinajstić information content (AvgIpc) is 2.44. The largest absolute Gasteiger partial charge is 0.480 e. The van der Waals surface area contributed by atoms with Crippen LogP contribution in [0.25, 0.3) is 0 Å². The predicted molar refractivity (Wildman–Crippen MR) is 75.2 cm³/mol. The molecule has 0 aliphatic heterocycles. The number of halogens is 1. The minimum absolute atomic E-state index is 0.162. The molecular formula is C15H20FNO4. The number of benzene rings is 1. The van der Waals surface area contributed by atoms with E-state index >= 15 is 0 Å². The second-order valence-electron chi connectivity index (χ2n) is 4.72. The molecule has 5 nitrogen and oxygen atoms in total.